The molecule has 2 rings (SSSR count). The van der Waals surface area contributed by atoms with Crippen molar-refractivity contribution in [1.82, 2.24) is 14.8 Å². The minimum absolute atomic E-state index is 0.186. The summed E-state index contributed by atoms with van der Waals surface area (Å²) in [6, 6.07) is 1.99. The number of thiophene rings is 1. The Labute approximate surface area is 111 Å². The summed E-state index contributed by atoms with van der Waals surface area (Å²) in [7, 11) is 0. The molecule has 0 aliphatic carbocycles. The molecule has 2 aromatic rings. The lowest BCUT2D eigenvalue weighted by Crippen LogP contribution is -2.15. The topological polar surface area (TPSA) is 47.8 Å². The summed E-state index contributed by atoms with van der Waals surface area (Å²) in [4.78, 5) is 16.1. The smallest absolute Gasteiger partial charge is 0.144 e. The molecule has 0 aliphatic rings. The van der Waals surface area contributed by atoms with Gasteiger partial charge in [0.25, 0.3) is 0 Å². The van der Waals surface area contributed by atoms with Crippen molar-refractivity contribution >= 4 is 17.1 Å². The summed E-state index contributed by atoms with van der Waals surface area (Å²) in [5.41, 5.74) is 1.08. The predicted octanol–water partition coefficient (Wildman–Crippen LogP) is 2.35. The number of carbonyl (C=O) groups excluding carboxylic acids is 1. The highest BCUT2D eigenvalue weighted by Crippen LogP contribution is 2.09. The Balaban J connectivity index is 1.96. The van der Waals surface area contributed by atoms with Gasteiger partial charge >= 0.3 is 0 Å². The van der Waals surface area contributed by atoms with E-state index in [0.717, 1.165) is 17.9 Å². The van der Waals surface area contributed by atoms with Crippen molar-refractivity contribution in [2.45, 2.75) is 33.2 Å². The van der Waals surface area contributed by atoms with E-state index in [9.17, 15) is 4.79 Å². The van der Waals surface area contributed by atoms with Crippen LogP contribution in [0.15, 0.2) is 23.2 Å². The van der Waals surface area contributed by atoms with Crippen molar-refractivity contribution in [1.29, 1.82) is 0 Å². The maximum Gasteiger partial charge on any atom is 0.144 e. The van der Waals surface area contributed by atoms with Gasteiger partial charge in [-0.1, -0.05) is 13.8 Å². The number of aromatic nitrogens is 3. The van der Waals surface area contributed by atoms with E-state index in [1.54, 1.807) is 11.3 Å². The lowest BCUT2D eigenvalue weighted by Gasteiger charge is -2.07. The second-order valence-electron chi connectivity index (χ2n) is 4.78. The van der Waals surface area contributed by atoms with Crippen LogP contribution < -0.4 is 0 Å². The van der Waals surface area contributed by atoms with Crippen LogP contribution in [0.1, 0.15) is 25.2 Å². The lowest BCUT2D eigenvalue weighted by atomic mass is 10.1. The van der Waals surface area contributed by atoms with Crippen LogP contribution in [0.2, 0.25) is 0 Å². The first-order valence-corrected chi connectivity index (χ1v) is 6.99. The highest BCUT2D eigenvalue weighted by Gasteiger charge is 2.11. The summed E-state index contributed by atoms with van der Waals surface area (Å²) < 4.78 is 1.83. The van der Waals surface area contributed by atoms with Crippen LogP contribution in [0, 0.1) is 5.92 Å². The van der Waals surface area contributed by atoms with Crippen molar-refractivity contribution in [2.24, 2.45) is 5.92 Å². The Morgan fingerprint density at radius 3 is 2.94 bits per heavy atom. The van der Waals surface area contributed by atoms with E-state index in [0.29, 0.717) is 18.8 Å². The zero-order valence-corrected chi connectivity index (χ0v) is 11.5. The molecule has 0 saturated heterocycles. The average Bonchev–Trinajstić information content (AvgIpc) is 2.91. The van der Waals surface area contributed by atoms with Gasteiger partial charge in [-0.3, -0.25) is 4.79 Å². The van der Waals surface area contributed by atoms with E-state index in [2.05, 4.69) is 23.9 Å². The molecule has 0 saturated carbocycles. The van der Waals surface area contributed by atoms with Gasteiger partial charge in [0, 0.05) is 13.0 Å². The number of nitrogens with zero attached hydrogens (tertiary/aromatic N) is 3. The van der Waals surface area contributed by atoms with Crippen molar-refractivity contribution in [3.63, 3.8) is 0 Å². The zero-order valence-electron chi connectivity index (χ0n) is 10.7. The van der Waals surface area contributed by atoms with Crippen molar-refractivity contribution in [3.8, 4) is 0 Å². The minimum Gasteiger partial charge on any atom is -0.299 e. The number of Topliss-reactive ketones (excluding diaryl/α,β-unsaturated/α-hetero) is 1. The SMILES string of the molecule is CC(C)Cn1ncnc1CC(=O)Cc1ccsc1. The van der Waals surface area contributed by atoms with Crippen LogP contribution in [0.25, 0.3) is 0 Å². The molecule has 96 valence electrons. The summed E-state index contributed by atoms with van der Waals surface area (Å²) in [5, 5.41) is 8.16. The molecule has 0 unspecified atom stereocenters. The molecule has 0 aromatic carbocycles. The Hall–Kier alpha value is -1.49. The highest BCUT2D eigenvalue weighted by atomic mass is 32.1. The zero-order chi connectivity index (χ0) is 13.0. The number of rotatable bonds is 6. The third-order valence-corrected chi connectivity index (χ3v) is 3.30. The van der Waals surface area contributed by atoms with Crippen LogP contribution in [0.5, 0.6) is 0 Å². The van der Waals surface area contributed by atoms with Gasteiger partial charge in [0.1, 0.15) is 17.9 Å². The molecule has 0 atom stereocenters. The van der Waals surface area contributed by atoms with Gasteiger partial charge in [-0.25, -0.2) is 9.67 Å². The summed E-state index contributed by atoms with van der Waals surface area (Å²) in [6.45, 7) is 5.05. The molecule has 0 spiro atoms. The first kappa shape index (κ1) is 13.0. The standard InChI is InChI=1S/C13H17N3OS/c1-10(2)7-16-13(14-9-15-16)6-12(17)5-11-3-4-18-8-11/h3-4,8-10H,5-7H2,1-2H3. The molecule has 5 heteroatoms. The molecule has 0 bridgehead atoms. The maximum atomic E-state index is 11.9. The molecular formula is C13H17N3OS. The molecule has 0 amide bonds. The van der Waals surface area contributed by atoms with Gasteiger partial charge in [-0.15, -0.1) is 0 Å². The summed E-state index contributed by atoms with van der Waals surface area (Å²) in [5.74, 6) is 1.45. The van der Waals surface area contributed by atoms with Crippen LogP contribution >= 0.6 is 11.3 Å². The normalized spacial score (nSPS) is 11.1. The van der Waals surface area contributed by atoms with Crippen molar-refractivity contribution in [3.05, 3.63) is 34.5 Å². The molecule has 2 aromatic heterocycles. The van der Waals surface area contributed by atoms with E-state index in [1.807, 2.05) is 21.5 Å². The third kappa shape index (κ3) is 3.50. The monoisotopic (exact) mass is 263 g/mol. The van der Waals surface area contributed by atoms with Gasteiger partial charge in [0.15, 0.2) is 0 Å². The first-order valence-electron chi connectivity index (χ1n) is 6.04. The van der Waals surface area contributed by atoms with Gasteiger partial charge in [0.2, 0.25) is 0 Å². The number of hydrogen-bond acceptors (Lipinski definition) is 4. The first-order chi connectivity index (χ1) is 8.65. The number of hydrogen-bond donors (Lipinski definition) is 0. The van der Waals surface area contributed by atoms with Gasteiger partial charge < -0.3 is 0 Å². The predicted molar refractivity (Wildman–Crippen MR) is 71.6 cm³/mol. The third-order valence-electron chi connectivity index (χ3n) is 2.57. The lowest BCUT2D eigenvalue weighted by molar-refractivity contribution is -0.117. The second-order valence-corrected chi connectivity index (χ2v) is 5.56. The van der Waals surface area contributed by atoms with Crippen LogP contribution in [0.4, 0.5) is 0 Å². The molecule has 0 fully saturated rings. The summed E-state index contributed by atoms with van der Waals surface area (Å²) >= 11 is 1.62. The molecule has 0 N–H and O–H groups in total. The second kappa shape index (κ2) is 5.91. The number of ketones is 1. The van der Waals surface area contributed by atoms with Crippen LogP contribution in [-0.4, -0.2) is 20.5 Å². The average molecular weight is 263 g/mol. The molecule has 4 nitrogen and oxygen atoms in total. The van der Waals surface area contributed by atoms with E-state index >= 15 is 0 Å². The van der Waals surface area contributed by atoms with Crippen LogP contribution in [-0.2, 0) is 24.2 Å². The molecular weight excluding hydrogens is 246 g/mol. The molecule has 0 aliphatic heterocycles. The Morgan fingerprint density at radius 1 is 1.44 bits per heavy atom. The van der Waals surface area contributed by atoms with E-state index in [-0.39, 0.29) is 5.78 Å². The fourth-order valence-corrected chi connectivity index (χ4v) is 2.45. The maximum absolute atomic E-state index is 11.9. The van der Waals surface area contributed by atoms with Gasteiger partial charge in [0.05, 0.1) is 6.42 Å². The quantitative estimate of drug-likeness (QED) is 0.803. The van der Waals surface area contributed by atoms with E-state index in [1.165, 1.54) is 6.33 Å². The largest absolute Gasteiger partial charge is 0.299 e. The number of carbonyl (C=O) groups is 1. The Bertz CT molecular complexity index is 502. The minimum atomic E-state index is 0.186. The Morgan fingerprint density at radius 2 is 2.28 bits per heavy atom. The fraction of sp³-hybridized carbons (Fsp3) is 0.462. The van der Waals surface area contributed by atoms with Gasteiger partial charge in [-0.05, 0) is 28.3 Å². The van der Waals surface area contributed by atoms with Crippen molar-refractivity contribution < 1.29 is 4.79 Å². The van der Waals surface area contributed by atoms with Crippen LogP contribution in [0.3, 0.4) is 0 Å². The van der Waals surface area contributed by atoms with Crippen molar-refractivity contribution in [2.75, 3.05) is 0 Å². The molecule has 18 heavy (non-hydrogen) atoms. The highest BCUT2D eigenvalue weighted by molar-refractivity contribution is 7.07. The molecule has 0 radical (unpaired) electrons. The van der Waals surface area contributed by atoms with E-state index < -0.39 is 0 Å². The Kier molecular flexibility index (Phi) is 4.25. The molecule has 2 heterocycles. The van der Waals surface area contributed by atoms with Gasteiger partial charge in [-0.2, -0.15) is 16.4 Å². The fourth-order valence-electron chi connectivity index (χ4n) is 1.78. The van der Waals surface area contributed by atoms with E-state index in [4.69, 9.17) is 0 Å². The summed E-state index contributed by atoms with van der Waals surface area (Å²) in [6.07, 6.45) is 2.37.